The van der Waals surface area contributed by atoms with Gasteiger partial charge in [-0.1, -0.05) is 26.0 Å². The highest BCUT2D eigenvalue weighted by Crippen LogP contribution is 2.44. The number of hydrogen-bond acceptors (Lipinski definition) is 4. The van der Waals surface area contributed by atoms with Crippen LogP contribution >= 0.6 is 11.3 Å². The average molecular weight is 360 g/mol. The summed E-state index contributed by atoms with van der Waals surface area (Å²) < 4.78 is 0. The van der Waals surface area contributed by atoms with E-state index < -0.39 is 5.97 Å². The zero-order chi connectivity index (χ0) is 18.2. The van der Waals surface area contributed by atoms with Crippen molar-refractivity contribution in [1.29, 1.82) is 0 Å². The fourth-order valence-corrected chi connectivity index (χ4v) is 4.77. The minimum Gasteiger partial charge on any atom is -0.478 e. The van der Waals surface area contributed by atoms with Crippen LogP contribution < -0.4 is 11.1 Å². The number of hydrogen-bond donors (Lipinski definition) is 3. The zero-order valence-corrected chi connectivity index (χ0v) is 15.5. The van der Waals surface area contributed by atoms with Gasteiger partial charge in [-0.15, -0.1) is 11.3 Å². The van der Waals surface area contributed by atoms with E-state index in [0.717, 1.165) is 48.1 Å². The van der Waals surface area contributed by atoms with Gasteiger partial charge in [-0.05, 0) is 48.7 Å². The molecule has 0 aliphatic heterocycles. The van der Waals surface area contributed by atoms with Gasteiger partial charge in [0.25, 0.3) is 5.91 Å². The second-order valence-corrected chi connectivity index (χ2v) is 8.54. The quantitative estimate of drug-likeness (QED) is 0.766. The summed E-state index contributed by atoms with van der Waals surface area (Å²) in [5.74, 6) is -1.24. The third-order valence-corrected chi connectivity index (χ3v) is 6.14. The van der Waals surface area contributed by atoms with E-state index >= 15 is 0 Å². The molecule has 1 amide bonds. The lowest BCUT2D eigenvalue weighted by molar-refractivity contribution is -0.112. The molecule has 1 aromatic heterocycles. The molecule has 2 aliphatic rings. The Hall–Kier alpha value is -1.92. The lowest BCUT2D eigenvalue weighted by Crippen LogP contribution is -2.23. The molecular formula is C19H24N2O3S. The number of aryl methyl sites for hydroxylation is 1. The van der Waals surface area contributed by atoms with Crippen LogP contribution in [0.25, 0.3) is 0 Å². The maximum atomic E-state index is 12.7. The first kappa shape index (κ1) is 17.9. The summed E-state index contributed by atoms with van der Waals surface area (Å²) in [5, 5.41) is 13.0. The van der Waals surface area contributed by atoms with Gasteiger partial charge in [0.1, 0.15) is 5.00 Å². The van der Waals surface area contributed by atoms with Crippen LogP contribution in [0.1, 0.15) is 53.9 Å². The van der Waals surface area contributed by atoms with E-state index in [-0.39, 0.29) is 16.9 Å². The zero-order valence-electron chi connectivity index (χ0n) is 14.6. The lowest BCUT2D eigenvalue weighted by atomic mass is 9.76. The van der Waals surface area contributed by atoms with Crippen molar-refractivity contribution < 1.29 is 14.7 Å². The van der Waals surface area contributed by atoms with Crippen LogP contribution in [0.5, 0.6) is 0 Å². The van der Waals surface area contributed by atoms with Crippen LogP contribution in [-0.2, 0) is 17.6 Å². The first-order valence-electron chi connectivity index (χ1n) is 8.61. The van der Waals surface area contributed by atoms with E-state index in [4.69, 9.17) is 5.73 Å². The van der Waals surface area contributed by atoms with Crippen LogP contribution in [0.4, 0.5) is 5.00 Å². The third-order valence-electron chi connectivity index (χ3n) is 4.93. The van der Waals surface area contributed by atoms with E-state index in [9.17, 15) is 14.7 Å². The highest BCUT2D eigenvalue weighted by atomic mass is 32.1. The third kappa shape index (κ3) is 3.55. The Morgan fingerprint density at radius 3 is 2.72 bits per heavy atom. The molecule has 0 radical (unpaired) electrons. The molecule has 0 saturated heterocycles. The summed E-state index contributed by atoms with van der Waals surface area (Å²) in [7, 11) is 0. The second kappa shape index (κ2) is 6.77. The summed E-state index contributed by atoms with van der Waals surface area (Å²) in [5.41, 5.74) is 8.35. The predicted octanol–water partition coefficient (Wildman–Crippen LogP) is 3.51. The largest absolute Gasteiger partial charge is 0.478 e. The van der Waals surface area contributed by atoms with Crippen LogP contribution in [-0.4, -0.2) is 23.5 Å². The Morgan fingerprint density at radius 2 is 2.04 bits per heavy atom. The first-order chi connectivity index (χ1) is 11.8. The second-order valence-electron chi connectivity index (χ2n) is 7.44. The molecule has 25 heavy (non-hydrogen) atoms. The number of carboxylic acid groups (broad SMARTS) is 1. The lowest BCUT2D eigenvalue weighted by Gasteiger charge is -2.29. The number of fused-ring (bicyclic) bond motifs is 1. The fraction of sp³-hybridized carbons (Fsp3) is 0.474. The number of nitrogens with one attached hydrogen (secondary N) is 1. The van der Waals surface area contributed by atoms with Crippen molar-refractivity contribution in [3.05, 3.63) is 39.3 Å². The summed E-state index contributed by atoms with van der Waals surface area (Å²) in [6, 6.07) is 0. The number of aromatic carboxylic acids is 1. The standard InChI is InChI=1S/C19H24N2O3S/c1-19(2)8-7-14-13(9-19)15(18(23)24)17(25-14)21-16(22)12-6-4-3-5-11(12)10-20/h5-6H,3-4,7-10,20H2,1-2H3,(H,21,22)(H,23,24). The molecule has 0 aromatic carbocycles. The van der Waals surface area contributed by atoms with Crippen molar-refractivity contribution in [2.24, 2.45) is 11.1 Å². The normalized spacial score (nSPS) is 18.8. The molecule has 1 heterocycles. The van der Waals surface area contributed by atoms with E-state index in [1.165, 1.54) is 11.3 Å². The number of carbonyl (C=O) groups is 2. The van der Waals surface area contributed by atoms with Gasteiger partial charge in [-0.25, -0.2) is 4.79 Å². The van der Waals surface area contributed by atoms with E-state index in [2.05, 4.69) is 19.2 Å². The monoisotopic (exact) mass is 360 g/mol. The number of allylic oxidation sites excluding steroid dienone is 2. The molecule has 1 aromatic rings. The maximum absolute atomic E-state index is 12.7. The van der Waals surface area contributed by atoms with Crippen LogP contribution in [0, 0.1) is 5.41 Å². The fourth-order valence-electron chi connectivity index (χ4n) is 3.56. The smallest absolute Gasteiger partial charge is 0.339 e. The molecular weight excluding hydrogens is 336 g/mol. The minimum atomic E-state index is -0.974. The molecule has 2 aliphatic carbocycles. The van der Waals surface area contributed by atoms with E-state index in [1.54, 1.807) is 0 Å². The Balaban J connectivity index is 1.92. The summed E-state index contributed by atoms with van der Waals surface area (Å²) in [6.45, 7) is 4.62. The average Bonchev–Trinajstić information content (AvgIpc) is 2.90. The van der Waals surface area contributed by atoms with Crippen LogP contribution in [0.2, 0.25) is 0 Å². The summed E-state index contributed by atoms with van der Waals surface area (Å²) in [4.78, 5) is 25.6. The van der Waals surface area contributed by atoms with Crippen molar-refractivity contribution in [2.75, 3.05) is 11.9 Å². The number of nitrogens with two attached hydrogens (primary N) is 1. The van der Waals surface area contributed by atoms with Gasteiger partial charge in [-0.2, -0.15) is 0 Å². The van der Waals surface area contributed by atoms with Gasteiger partial charge < -0.3 is 16.2 Å². The topological polar surface area (TPSA) is 92.4 Å². The Bertz CT molecular complexity index is 787. The maximum Gasteiger partial charge on any atom is 0.339 e. The highest BCUT2D eigenvalue weighted by Gasteiger charge is 2.33. The number of carbonyl (C=O) groups excluding carboxylic acids is 1. The molecule has 134 valence electrons. The molecule has 0 unspecified atom stereocenters. The van der Waals surface area contributed by atoms with Crippen LogP contribution in [0.15, 0.2) is 23.3 Å². The van der Waals surface area contributed by atoms with Gasteiger partial charge in [-0.3, -0.25) is 4.79 Å². The summed E-state index contributed by atoms with van der Waals surface area (Å²) >= 11 is 1.40. The molecule has 5 nitrogen and oxygen atoms in total. The van der Waals surface area contributed by atoms with Crippen molar-refractivity contribution in [3.63, 3.8) is 0 Å². The molecule has 0 bridgehead atoms. The number of amides is 1. The SMILES string of the molecule is CC1(C)CCc2sc(NC(=O)C3=CCCC=C3CN)c(C(=O)O)c2C1. The van der Waals surface area contributed by atoms with E-state index in [0.29, 0.717) is 17.1 Å². The molecule has 6 heteroatoms. The van der Waals surface area contributed by atoms with Crippen molar-refractivity contribution in [1.82, 2.24) is 0 Å². The number of thiophene rings is 1. The van der Waals surface area contributed by atoms with Crippen molar-refractivity contribution >= 4 is 28.2 Å². The van der Waals surface area contributed by atoms with Gasteiger partial charge in [0.15, 0.2) is 0 Å². The molecule has 0 spiro atoms. The number of anilines is 1. The minimum absolute atomic E-state index is 0.0842. The van der Waals surface area contributed by atoms with Crippen molar-refractivity contribution in [2.45, 2.75) is 46.0 Å². The van der Waals surface area contributed by atoms with Gasteiger partial charge >= 0.3 is 5.97 Å². The molecule has 0 fully saturated rings. The molecule has 4 N–H and O–H groups in total. The molecule has 0 atom stereocenters. The Morgan fingerprint density at radius 1 is 1.32 bits per heavy atom. The first-order valence-corrected chi connectivity index (χ1v) is 9.43. The van der Waals surface area contributed by atoms with Crippen molar-refractivity contribution in [3.8, 4) is 0 Å². The number of rotatable bonds is 4. The van der Waals surface area contributed by atoms with Gasteiger partial charge in [0.05, 0.1) is 5.56 Å². The molecule has 3 rings (SSSR count). The van der Waals surface area contributed by atoms with E-state index in [1.807, 2.05) is 12.2 Å². The summed E-state index contributed by atoms with van der Waals surface area (Å²) in [6.07, 6.45) is 8.16. The highest BCUT2D eigenvalue weighted by molar-refractivity contribution is 7.17. The van der Waals surface area contributed by atoms with Gasteiger partial charge in [0, 0.05) is 17.0 Å². The molecule has 0 saturated carbocycles. The number of carboxylic acids is 1. The van der Waals surface area contributed by atoms with Gasteiger partial charge in [0.2, 0.25) is 0 Å². The Kier molecular flexibility index (Phi) is 4.84. The predicted molar refractivity (Wildman–Crippen MR) is 100 cm³/mol. The van der Waals surface area contributed by atoms with Crippen LogP contribution in [0.3, 0.4) is 0 Å². The Labute approximate surface area is 151 Å².